The van der Waals surface area contributed by atoms with E-state index in [1.54, 1.807) is 12.1 Å². The summed E-state index contributed by atoms with van der Waals surface area (Å²) in [5.41, 5.74) is 1.86. The van der Waals surface area contributed by atoms with Crippen LogP contribution < -0.4 is 60.9 Å². The predicted molar refractivity (Wildman–Crippen MR) is 134 cm³/mol. The van der Waals surface area contributed by atoms with E-state index in [0.717, 1.165) is 22.6 Å². The number of carboxylic acids is 1. The van der Waals surface area contributed by atoms with Crippen molar-refractivity contribution in [3.8, 4) is 11.5 Å². The van der Waals surface area contributed by atoms with Crippen molar-refractivity contribution < 1.29 is 95.3 Å². The molecule has 200 valence electrons. The molecule has 0 saturated carbocycles. The Morgan fingerprint density at radius 3 is 1.43 bits per heavy atom. The Morgan fingerprint density at radius 1 is 0.730 bits per heavy atom. The minimum atomic E-state index is -0.943. The van der Waals surface area contributed by atoms with Crippen LogP contribution in [0.3, 0.4) is 0 Å². The first-order valence-corrected chi connectivity index (χ1v) is 11.4. The molecule has 2 aromatic rings. The number of ether oxygens (including phenoxy) is 4. The van der Waals surface area contributed by atoms with Crippen LogP contribution in [0.5, 0.6) is 11.5 Å². The third-order valence-electron chi connectivity index (χ3n) is 4.63. The van der Waals surface area contributed by atoms with Gasteiger partial charge in [-0.05, 0) is 75.9 Å². The molecule has 9 nitrogen and oxygen atoms in total. The molecule has 0 amide bonds. The molecule has 0 fully saturated rings. The molecule has 0 unspecified atom stereocenters. The van der Waals surface area contributed by atoms with Crippen LogP contribution in [0.1, 0.15) is 45.2 Å². The zero-order valence-electron chi connectivity index (χ0n) is 22.7. The van der Waals surface area contributed by atoms with E-state index in [0.29, 0.717) is 6.42 Å². The van der Waals surface area contributed by atoms with Crippen LogP contribution in [0.25, 0.3) is 0 Å². The number of aryl methyl sites for hydroxylation is 1. The van der Waals surface area contributed by atoms with Crippen molar-refractivity contribution in [3.05, 3.63) is 59.7 Å². The second-order valence-electron chi connectivity index (χ2n) is 8.32. The number of benzene rings is 2. The van der Waals surface area contributed by atoms with E-state index in [1.807, 2.05) is 64.1 Å². The summed E-state index contributed by atoms with van der Waals surface area (Å²) in [5.74, 6) is -1.33. The van der Waals surface area contributed by atoms with Crippen LogP contribution in [0.15, 0.2) is 48.5 Å². The Kier molecular flexibility index (Phi) is 20.2. The normalized spacial score (nSPS) is 9.86. The summed E-state index contributed by atoms with van der Waals surface area (Å²) < 4.78 is 20.2. The maximum absolute atomic E-state index is 11.6. The Labute approximate surface area is 261 Å². The van der Waals surface area contributed by atoms with E-state index in [9.17, 15) is 14.4 Å². The molecular weight excluding hydrogens is 507 g/mol. The molecular formula is C27H37KO9. The minimum absolute atomic E-state index is 0. The van der Waals surface area contributed by atoms with Crippen LogP contribution in [0, 0.1) is 5.92 Å². The summed E-state index contributed by atoms with van der Waals surface area (Å²) in [6.45, 7) is 7.83. The molecule has 10 heteroatoms. The molecule has 0 bridgehead atoms. The third kappa shape index (κ3) is 15.8. The molecule has 2 N–H and O–H groups in total. The van der Waals surface area contributed by atoms with E-state index >= 15 is 0 Å². The molecule has 0 aliphatic carbocycles. The average molecular weight is 545 g/mol. The van der Waals surface area contributed by atoms with Gasteiger partial charge in [-0.15, -0.1) is 0 Å². The number of carbonyl (C=O) groups excluding carboxylic acids is 2. The Balaban J connectivity index is 0. The summed E-state index contributed by atoms with van der Waals surface area (Å²) in [6, 6.07) is 14.8. The SMILES string of the molecule is CC(C)Oc1ccc(CCC(=O)O)cc1.COC(=O)C(Cc1ccc(OC(C)C)cc1)C(=O)OC.[K+].[OH-]. The summed E-state index contributed by atoms with van der Waals surface area (Å²) in [4.78, 5) is 33.5. The Hall–Kier alpha value is -1.95. The molecule has 37 heavy (non-hydrogen) atoms. The standard InChI is InChI=1S/C15H20O5.C12H16O3.K.H2O/c1-10(2)20-12-7-5-11(6-8-12)9-13(14(16)18-3)15(17)19-4;1-9(2)15-11-6-3-10(4-7-11)5-8-12(13)14;;/h5-8,10,13H,9H2,1-4H3;3-4,6-7,9H,5,8H2,1-2H3,(H,13,14);;1H2/q;;+1;/p-1. The van der Waals surface area contributed by atoms with Crippen LogP contribution >= 0.6 is 0 Å². The fraction of sp³-hybridized carbons (Fsp3) is 0.444. The topological polar surface area (TPSA) is 138 Å². The number of esters is 2. The molecule has 0 spiro atoms. The van der Waals surface area contributed by atoms with E-state index < -0.39 is 23.8 Å². The average Bonchev–Trinajstić information content (AvgIpc) is 2.82. The monoisotopic (exact) mass is 544 g/mol. The third-order valence-corrected chi connectivity index (χ3v) is 4.63. The van der Waals surface area contributed by atoms with Crippen LogP contribution in [-0.2, 0) is 36.7 Å². The quantitative estimate of drug-likeness (QED) is 0.252. The maximum Gasteiger partial charge on any atom is 1.00 e. The van der Waals surface area contributed by atoms with E-state index in [1.165, 1.54) is 14.2 Å². The smallest absolute Gasteiger partial charge is 0.870 e. The van der Waals surface area contributed by atoms with Crippen molar-refractivity contribution >= 4 is 17.9 Å². The number of carboxylic acid groups (broad SMARTS) is 1. The largest absolute Gasteiger partial charge is 1.00 e. The summed E-state index contributed by atoms with van der Waals surface area (Å²) in [6.07, 6.45) is 1.23. The van der Waals surface area contributed by atoms with Crippen LogP contribution in [0.2, 0.25) is 0 Å². The van der Waals surface area contributed by atoms with Gasteiger partial charge >= 0.3 is 69.3 Å². The molecule has 0 aromatic heterocycles. The molecule has 0 saturated heterocycles. The fourth-order valence-corrected chi connectivity index (χ4v) is 3.02. The summed E-state index contributed by atoms with van der Waals surface area (Å²) >= 11 is 0. The van der Waals surface area contributed by atoms with Crippen molar-refractivity contribution in [1.82, 2.24) is 0 Å². The van der Waals surface area contributed by atoms with E-state index in [-0.39, 0.29) is 81.9 Å². The van der Waals surface area contributed by atoms with Gasteiger partial charge in [-0.3, -0.25) is 14.4 Å². The second kappa shape index (κ2) is 20.1. The molecule has 2 rings (SSSR count). The molecule has 0 radical (unpaired) electrons. The first kappa shape index (κ1) is 37.2. The number of hydrogen-bond donors (Lipinski definition) is 1. The van der Waals surface area contributed by atoms with E-state index in [4.69, 9.17) is 14.6 Å². The molecule has 0 aliphatic rings. The fourth-order valence-electron chi connectivity index (χ4n) is 3.02. The minimum Gasteiger partial charge on any atom is -0.870 e. The zero-order valence-corrected chi connectivity index (χ0v) is 25.8. The van der Waals surface area contributed by atoms with Gasteiger partial charge in [-0.2, -0.15) is 0 Å². The van der Waals surface area contributed by atoms with Crippen molar-refractivity contribution in [3.63, 3.8) is 0 Å². The van der Waals surface area contributed by atoms with Gasteiger partial charge in [0, 0.05) is 6.42 Å². The van der Waals surface area contributed by atoms with Gasteiger partial charge in [0.1, 0.15) is 11.5 Å². The van der Waals surface area contributed by atoms with E-state index in [2.05, 4.69) is 9.47 Å². The van der Waals surface area contributed by atoms with Crippen LogP contribution in [-0.4, -0.2) is 54.9 Å². The second-order valence-corrected chi connectivity index (χ2v) is 8.32. The Morgan fingerprint density at radius 2 is 1.11 bits per heavy atom. The Bertz CT molecular complexity index is 910. The van der Waals surface area contributed by atoms with Gasteiger partial charge < -0.3 is 29.5 Å². The number of rotatable bonds is 11. The van der Waals surface area contributed by atoms with Gasteiger partial charge in [0.25, 0.3) is 0 Å². The molecule has 0 aliphatic heterocycles. The number of aliphatic carboxylic acids is 1. The molecule has 0 atom stereocenters. The van der Waals surface area contributed by atoms with Crippen molar-refractivity contribution in [2.24, 2.45) is 5.92 Å². The number of carbonyl (C=O) groups is 3. The number of hydrogen-bond acceptors (Lipinski definition) is 8. The zero-order chi connectivity index (χ0) is 26.4. The first-order valence-electron chi connectivity index (χ1n) is 11.4. The summed E-state index contributed by atoms with van der Waals surface area (Å²) in [7, 11) is 2.50. The van der Waals surface area contributed by atoms with Crippen molar-refractivity contribution in [2.75, 3.05) is 14.2 Å². The summed E-state index contributed by atoms with van der Waals surface area (Å²) in [5, 5.41) is 8.52. The molecule has 2 aromatic carbocycles. The predicted octanol–water partition coefficient (Wildman–Crippen LogP) is 1.30. The van der Waals surface area contributed by atoms with Crippen LogP contribution in [0.4, 0.5) is 0 Å². The van der Waals surface area contributed by atoms with Gasteiger partial charge in [-0.25, -0.2) is 0 Å². The maximum atomic E-state index is 11.6. The van der Waals surface area contributed by atoms with Gasteiger partial charge in [0.05, 0.1) is 26.4 Å². The van der Waals surface area contributed by atoms with Gasteiger partial charge in [0.15, 0.2) is 5.92 Å². The molecule has 0 heterocycles. The van der Waals surface area contributed by atoms with Gasteiger partial charge in [0.2, 0.25) is 0 Å². The van der Waals surface area contributed by atoms with Crippen molar-refractivity contribution in [1.29, 1.82) is 0 Å². The van der Waals surface area contributed by atoms with Gasteiger partial charge in [-0.1, -0.05) is 24.3 Å². The first-order chi connectivity index (χ1) is 16.5. The van der Waals surface area contributed by atoms with Crippen molar-refractivity contribution in [2.45, 2.75) is 59.2 Å². The number of methoxy groups -OCH3 is 2.